The summed E-state index contributed by atoms with van der Waals surface area (Å²) in [6, 6.07) is 50.8. The molecule has 7 rings (SSSR count). The highest BCUT2D eigenvalue weighted by molar-refractivity contribution is 6.04. The topological polar surface area (TPSA) is 112 Å². The van der Waals surface area contributed by atoms with Gasteiger partial charge in [-0.1, -0.05) is 121 Å². The van der Waals surface area contributed by atoms with Crippen LogP contribution in [0.3, 0.4) is 0 Å². The van der Waals surface area contributed by atoms with E-state index in [1.807, 2.05) is 109 Å². The number of ether oxygens (including phenoxy) is 2. The van der Waals surface area contributed by atoms with Crippen molar-refractivity contribution in [3.05, 3.63) is 174 Å². The quantitative estimate of drug-likeness (QED) is 0.0584. The molecule has 6 aromatic carbocycles. The number of carbonyl (C=O) groups is 3. The van der Waals surface area contributed by atoms with Gasteiger partial charge in [-0.2, -0.15) is 0 Å². The molecule has 61 heavy (non-hydrogen) atoms. The molecule has 3 N–H and O–H groups in total. The number of anilines is 2. The van der Waals surface area contributed by atoms with Gasteiger partial charge in [0.2, 0.25) is 0 Å². The van der Waals surface area contributed by atoms with Crippen LogP contribution in [0.4, 0.5) is 16.2 Å². The third kappa shape index (κ3) is 11.6. The normalized spacial score (nSPS) is 13.0. The summed E-state index contributed by atoms with van der Waals surface area (Å²) in [6.07, 6.45) is 0.748. The predicted octanol–water partition coefficient (Wildman–Crippen LogP) is 8.76. The van der Waals surface area contributed by atoms with Crippen molar-refractivity contribution in [2.75, 3.05) is 57.8 Å². The van der Waals surface area contributed by atoms with E-state index in [4.69, 9.17) is 9.47 Å². The molecule has 10 heteroatoms. The third-order valence-electron chi connectivity index (χ3n) is 10.9. The van der Waals surface area contributed by atoms with Gasteiger partial charge >= 0.3 is 6.09 Å². The van der Waals surface area contributed by atoms with Gasteiger partial charge in [0, 0.05) is 68.1 Å². The number of likely N-dealkylation sites (tertiary alicyclic amines) is 1. The lowest BCUT2D eigenvalue weighted by atomic mass is 10.00. The smallest absolute Gasteiger partial charge is 0.419 e. The van der Waals surface area contributed by atoms with E-state index in [2.05, 4.69) is 45.1 Å². The summed E-state index contributed by atoms with van der Waals surface area (Å²) in [7, 11) is 1.64. The second kappa shape index (κ2) is 21.6. The fraction of sp³-hybridized carbons (Fsp3) is 0.235. The number of rotatable bonds is 18. The van der Waals surface area contributed by atoms with E-state index in [1.54, 1.807) is 36.3 Å². The molecular weight excluding hydrogens is 763 g/mol. The highest BCUT2D eigenvalue weighted by Gasteiger charge is 2.29. The van der Waals surface area contributed by atoms with E-state index in [1.165, 1.54) is 0 Å². The maximum absolute atomic E-state index is 14.5. The lowest BCUT2D eigenvalue weighted by Gasteiger charge is -2.34. The summed E-state index contributed by atoms with van der Waals surface area (Å²) in [5.74, 6) is 0.521. The van der Waals surface area contributed by atoms with E-state index in [9.17, 15) is 14.4 Å². The zero-order chi connectivity index (χ0) is 42.2. The van der Waals surface area contributed by atoms with Crippen LogP contribution in [0.5, 0.6) is 5.75 Å². The van der Waals surface area contributed by atoms with Crippen LogP contribution in [0.1, 0.15) is 39.1 Å². The molecular formula is C51H53N5O5. The molecule has 1 aliphatic heterocycles. The van der Waals surface area contributed by atoms with Gasteiger partial charge in [0.15, 0.2) is 5.78 Å². The molecule has 312 valence electrons. The Balaban J connectivity index is 0.885. The van der Waals surface area contributed by atoms with Gasteiger partial charge < -0.3 is 30.3 Å². The Bertz CT molecular complexity index is 2260. The Morgan fingerprint density at radius 2 is 1.23 bits per heavy atom. The molecule has 1 saturated heterocycles. The van der Waals surface area contributed by atoms with Gasteiger partial charge in [0.25, 0.3) is 5.91 Å². The number of Topliss-reactive ketones (excluding diaryl/α,β-unsaturated/α-hetero) is 1. The van der Waals surface area contributed by atoms with E-state index < -0.39 is 6.09 Å². The first-order chi connectivity index (χ1) is 30.0. The molecule has 0 unspecified atom stereocenters. The van der Waals surface area contributed by atoms with E-state index in [0.717, 1.165) is 64.6 Å². The molecule has 6 aromatic rings. The van der Waals surface area contributed by atoms with Gasteiger partial charge in [0.05, 0.1) is 25.0 Å². The minimum atomic E-state index is -0.412. The summed E-state index contributed by atoms with van der Waals surface area (Å²) in [5.41, 5.74) is 7.46. The number of hydrogen-bond acceptors (Lipinski definition) is 8. The Labute approximate surface area is 358 Å². The molecule has 0 aromatic heterocycles. The number of hydrogen-bond donors (Lipinski definition) is 3. The number of para-hydroxylation sites is 2. The van der Waals surface area contributed by atoms with Gasteiger partial charge in [-0.3, -0.25) is 9.59 Å². The van der Waals surface area contributed by atoms with Crippen LogP contribution in [-0.2, 0) is 11.3 Å². The number of nitrogens with one attached hydrogen (secondary N) is 3. The summed E-state index contributed by atoms with van der Waals surface area (Å²) >= 11 is 0. The second-order valence-corrected chi connectivity index (χ2v) is 15.0. The number of nitrogens with zero attached hydrogens (tertiary/aromatic N) is 2. The second-order valence-electron chi connectivity index (χ2n) is 15.0. The Hall–Kier alpha value is -6.59. The summed E-state index contributed by atoms with van der Waals surface area (Å²) in [4.78, 5) is 44.4. The molecule has 1 fully saturated rings. The fourth-order valence-electron chi connectivity index (χ4n) is 7.55. The molecule has 0 atom stereocenters. The molecule has 0 spiro atoms. The summed E-state index contributed by atoms with van der Waals surface area (Å²) in [6.45, 7) is 4.83. The highest BCUT2D eigenvalue weighted by Crippen LogP contribution is 2.40. The first-order valence-electron chi connectivity index (χ1n) is 20.9. The lowest BCUT2D eigenvalue weighted by molar-refractivity contribution is 0.0566. The minimum absolute atomic E-state index is 0.0753. The molecule has 0 aliphatic carbocycles. The van der Waals surface area contributed by atoms with Crippen LogP contribution < -0.4 is 25.6 Å². The highest BCUT2D eigenvalue weighted by atomic mass is 16.6. The standard InChI is InChI=1S/C51H53N5O5/c1-60-43-25-23-38(24-26-43)36-52-29-30-54-50(58)42-18-12-17-41(35-42)49(57)37-53-31-34-55-32-27-44(28-33-55)61-51(59)56(47-21-10-8-19-45(47)39-13-4-2-5-14-39)48-22-11-9-20-46(48)40-15-6-3-7-16-40/h2-26,35,44,52-53H,27-34,36-37H2,1H3,(H,54,58). The average Bonchev–Trinajstić information content (AvgIpc) is 3.32. The fourth-order valence-corrected chi connectivity index (χ4v) is 7.55. The summed E-state index contributed by atoms with van der Waals surface area (Å²) in [5, 5.41) is 9.53. The van der Waals surface area contributed by atoms with Crippen molar-refractivity contribution in [2.24, 2.45) is 0 Å². The van der Waals surface area contributed by atoms with Gasteiger partial charge in [-0.05, 0) is 65.9 Å². The number of piperidine rings is 1. The van der Waals surface area contributed by atoms with E-state index >= 15 is 0 Å². The molecule has 1 heterocycles. The number of methoxy groups -OCH3 is 1. The largest absolute Gasteiger partial charge is 0.497 e. The maximum atomic E-state index is 14.5. The lowest BCUT2D eigenvalue weighted by Crippen LogP contribution is -2.42. The average molecular weight is 816 g/mol. The monoisotopic (exact) mass is 815 g/mol. The van der Waals surface area contributed by atoms with Crippen LogP contribution in [0.2, 0.25) is 0 Å². The molecule has 1 aliphatic rings. The minimum Gasteiger partial charge on any atom is -0.497 e. The SMILES string of the molecule is COc1ccc(CNCCNC(=O)c2cccc(C(=O)CNCCN3CCC(OC(=O)N(c4ccccc4-c4ccccc4)c4ccccc4-c4ccccc4)CC3)c2)cc1. The summed E-state index contributed by atoms with van der Waals surface area (Å²) < 4.78 is 11.5. The van der Waals surface area contributed by atoms with Crippen molar-refractivity contribution in [1.82, 2.24) is 20.9 Å². The first kappa shape index (κ1) is 42.5. The van der Waals surface area contributed by atoms with Crippen LogP contribution in [-0.4, -0.2) is 81.7 Å². The van der Waals surface area contributed by atoms with Gasteiger partial charge in [0.1, 0.15) is 11.9 Å². The zero-order valence-electron chi connectivity index (χ0n) is 34.6. The molecule has 0 radical (unpaired) electrons. The Morgan fingerprint density at radius 3 is 1.85 bits per heavy atom. The van der Waals surface area contributed by atoms with Gasteiger partial charge in [-0.25, -0.2) is 9.69 Å². The van der Waals surface area contributed by atoms with Crippen LogP contribution in [0, 0.1) is 0 Å². The van der Waals surface area contributed by atoms with Crippen molar-refractivity contribution in [2.45, 2.75) is 25.5 Å². The first-order valence-corrected chi connectivity index (χ1v) is 20.9. The van der Waals surface area contributed by atoms with E-state index in [-0.39, 0.29) is 24.3 Å². The Morgan fingerprint density at radius 1 is 0.639 bits per heavy atom. The van der Waals surface area contributed by atoms with Gasteiger partial charge in [-0.15, -0.1) is 0 Å². The number of benzene rings is 6. The predicted molar refractivity (Wildman–Crippen MR) is 243 cm³/mol. The molecule has 10 nitrogen and oxygen atoms in total. The van der Waals surface area contributed by atoms with Crippen molar-refractivity contribution in [1.29, 1.82) is 0 Å². The van der Waals surface area contributed by atoms with Crippen molar-refractivity contribution >= 4 is 29.2 Å². The zero-order valence-corrected chi connectivity index (χ0v) is 34.6. The number of carbonyl (C=O) groups excluding carboxylic acids is 3. The van der Waals surface area contributed by atoms with Crippen molar-refractivity contribution in [3.8, 4) is 28.0 Å². The number of ketones is 1. The van der Waals surface area contributed by atoms with Crippen LogP contribution in [0.25, 0.3) is 22.3 Å². The van der Waals surface area contributed by atoms with Crippen LogP contribution >= 0.6 is 0 Å². The molecule has 0 bridgehead atoms. The molecule has 0 saturated carbocycles. The number of amides is 2. The van der Waals surface area contributed by atoms with Crippen molar-refractivity contribution in [3.63, 3.8) is 0 Å². The Kier molecular flexibility index (Phi) is 15.1. The van der Waals surface area contributed by atoms with E-state index in [0.29, 0.717) is 50.1 Å². The molecule has 2 amide bonds. The van der Waals surface area contributed by atoms with Crippen molar-refractivity contribution < 1.29 is 23.9 Å². The maximum Gasteiger partial charge on any atom is 0.419 e. The third-order valence-corrected chi connectivity index (χ3v) is 10.9. The van der Waals surface area contributed by atoms with Crippen LogP contribution in [0.15, 0.2) is 158 Å².